The fourth-order valence-electron chi connectivity index (χ4n) is 3.13. The zero-order valence-electron chi connectivity index (χ0n) is 17.5. The molecule has 0 saturated heterocycles. The molecule has 27 heavy (non-hydrogen) atoms. The molecule has 0 N–H and O–H groups in total. The Hall–Kier alpha value is -2.09. The third-order valence-corrected chi connectivity index (χ3v) is 4.98. The first-order valence-electron chi connectivity index (χ1n) is 10.8. The second-order valence-electron chi connectivity index (χ2n) is 7.34. The number of benzene rings is 1. The summed E-state index contributed by atoms with van der Waals surface area (Å²) in [6, 6.07) is 13.4. The van der Waals surface area contributed by atoms with Crippen molar-refractivity contribution in [3.8, 4) is 0 Å². The SMILES string of the molecule is CCCCN(CCCC)c1ccc(/C=C/c2cc[n+](CCCC)cc2)cc1. The van der Waals surface area contributed by atoms with Crippen LogP contribution in [0.25, 0.3) is 12.2 Å². The van der Waals surface area contributed by atoms with Gasteiger partial charge in [-0.1, -0.05) is 64.3 Å². The van der Waals surface area contributed by atoms with Gasteiger partial charge in [0.1, 0.15) is 6.54 Å². The summed E-state index contributed by atoms with van der Waals surface area (Å²) in [4.78, 5) is 2.53. The van der Waals surface area contributed by atoms with Gasteiger partial charge in [-0.15, -0.1) is 0 Å². The Balaban J connectivity index is 1.97. The first-order valence-corrected chi connectivity index (χ1v) is 10.8. The molecule has 1 aromatic heterocycles. The van der Waals surface area contributed by atoms with Gasteiger partial charge in [-0.25, -0.2) is 4.57 Å². The smallest absolute Gasteiger partial charge is 0.169 e. The van der Waals surface area contributed by atoms with E-state index < -0.39 is 0 Å². The molecular weight excluding hydrogens is 328 g/mol. The number of anilines is 1. The van der Waals surface area contributed by atoms with Crippen LogP contribution in [0, 0.1) is 0 Å². The lowest BCUT2D eigenvalue weighted by atomic mass is 10.1. The normalized spacial score (nSPS) is 11.2. The number of pyridine rings is 1. The van der Waals surface area contributed by atoms with Crippen molar-refractivity contribution in [3.05, 3.63) is 59.9 Å². The first kappa shape index (κ1) is 21.2. The number of rotatable bonds is 12. The fourth-order valence-corrected chi connectivity index (χ4v) is 3.13. The third-order valence-electron chi connectivity index (χ3n) is 4.98. The van der Waals surface area contributed by atoms with Crippen molar-refractivity contribution < 1.29 is 4.57 Å². The van der Waals surface area contributed by atoms with Gasteiger partial charge >= 0.3 is 0 Å². The summed E-state index contributed by atoms with van der Waals surface area (Å²) in [5.74, 6) is 0. The highest BCUT2D eigenvalue weighted by Gasteiger charge is 2.05. The van der Waals surface area contributed by atoms with Gasteiger partial charge in [-0.05, 0) is 36.1 Å². The monoisotopic (exact) mass is 365 g/mol. The van der Waals surface area contributed by atoms with E-state index >= 15 is 0 Å². The molecule has 0 amide bonds. The number of hydrogen-bond acceptors (Lipinski definition) is 1. The van der Waals surface area contributed by atoms with Crippen LogP contribution in [0.3, 0.4) is 0 Å². The van der Waals surface area contributed by atoms with E-state index in [0.717, 1.165) is 19.6 Å². The molecule has 0 aliphatic heterocycles. The molecule has 2 aromatic rings. The largest absolute Gasteiger partial charge is 0.372 e. The van der Waals surface area contributed by atoms with Crippen molar-refractivity contribution >= 4 is 17.8 Å². The molecule has 1 heterocycles. The van der Waals surface area contributed by atoms with Gasteiger partial charge in [-0.2, -0.15) is 0 Å². The highest BCUT2D eigenvalue weighted by molar-refractivity contribution is 5.70. The predicted octanol–water partition coefficient (Wildman–Crippen LogP) is 6.35. The van der Waals surface area contributed by atoms with Crippen molar-refractivity contribution in [2.75, 3.05) is 18.0 Å². The van der Waals surface area contributed by atoms with E-state index in [1.165, 1.54) is 55.3 Å². The Morgan fingerprint density at radius 3 is 1.74 bits per heavy atom. The van der Waals surface area contributed by atoms with E-state index in [2.05, 4.69) is 91.2 Å². The zero-order chi connectivity index (χ0) is 19.3. The van der Waals surface area contributed by atoms with Crippen molar-refractivity contribution in [2.45, 2.75) is 65.8 Å². The van der Waals surface area contributed by atoms with Crippen molar-refractivity contribution in [1.82, 2.24) is 0 Å². The second-order valence-corrected chi connectivity index (χ2v) is 7.34. The molecule has 0 atom stereocenters. The lowest BCUT2D eigenvalue weighted by molar-refractivity contribution is -0.697. The van der Waals surface area contributed by atoms with Crippen LogP contribution >= 0.6 is 0 Å². The Morgan fingerprint density at radius 1 is 0.704 bits per heavy atom. The lowest BCUT2D eigenvalue weighted by Crippen LogP contribution is -2.32. The molecule has 146 valence electrons. The molecule has 0 spiro atoms. The van der Waals surface area contributed by atoms with Crippen LogP contribution in [-0.4, -0.2) is 13.1 Å². The Bertz CT molecular complexity index is 648. The lowest BCUT2D eigenvalue weighted by Gasteiger charge is -2.24. The molecule has 1 aromatic carbocycles. The predicted molar refractivity (Wildman–Crippen MR) is 119 cm³/mol. The van der Waals surface area contributed by atoms with Gasteiger partial charge in [-0.3, -0.25) is 0 Å². The van der Waals surface area contributed by atoms with Crippen molar-refractivity contribution in [1.29, 1.82) is 0 Å². The average molecular weight is 366 g/mol. The van der Waals surface area contributed by atoms with Crippen LogP contribution in [0.1, 0.15) is 70.4 Å². The summed E-state index contributed by atoms with van der Waals surface area (Å²) >= 11 is 0. The van der Waals surface area contributed by atoms with Crippen molar-refractivity contribution in [2.24, 2.45) is 0 Å². The van der Waals surface area contributed by atoms with E-state index in [4.69, 9.17) is 0 Å². The summed E-state index contributed by atoms with van der Waals surface area (Å²) in [5, 5.41) is 0. The van der Waals surface area contributed by atoms with E-state index in [9.17, 15) is 0 Å². The van der Waals surface area contributed by atoms with Gasteiger partial charge in [0.05, 0.1) is 0 Å². The first-order chi connectivity index (χ1) is 13.3. The third kappa shape index (κ3) is 7.58. The van der Waals surface area contributed by atoms with E-state index in [1.54, 1.807) is 0 Å². The average Bonchev–Trinajstić information content (AvgIpc) is 2.72. The fraction of sp³-hybridized carbons (Fsp3) is 0.480. The molecule has 0 aliphatic rings. The minimum absolute atomic E-state index is 1.11. The second kappa shape index (κ2) is 12.3. The van der Waals surface area contributed by atoms with Gasteiger partial charge in [0.25, 0.3) is 0 Å². The molecule has 2 nitrogen and oxygen atoms in total. The molecule has 0 bridgehead atoms. The van der Waals surface area contributed by atoms with Crippen molar-refractivity contribution in [3.63, 3.8) is 0 Å². The maximum atomic E-state index is 2.53. The molecule has 0 aliphatic carbocycles. The Kier molecular flexibility index (Phi) is 9.68. The van der Waals surface area contributed by atoms with Gasteiger partial charge in [0, 0.05) is 37.3 Å². The minimum atomic E-state index is 1.11. The summed E-state index contributed by atoms with van der Waals surface area (Å²) in [5.41, 5.74) is 3.86. The summed E-state index contributed by atoms with van der Waals surface area (Å²) in [6.45, 7) is 10.2. The number of aryl methyl sites for hydroxylation is 1. The molecule has 0 fully saturated rings. The maximum Gasteiger partial charge on any atom is 0.169 e. The number of nitrogens with zero attached hydrogens (tertiary/aromatic N) is 2. The quantitative estimate of drug-likeness (QED) is 0.397. The minimum Gasteiger partial charge on any atom is -0.372 e. The topological polar surface area (TPSA) is 7.12 Å². The van der Waals surface area contributed by atoms with Crippen LogP contribution in [0.2, 0.25) is 0 Å². The Morgan fingerprint density at radius 2 is 1.22 bits per heavy atom. The van der Waals surface area contributed by atoms with E-state index in [-0.39, 0.29) is 0 Å². The Labute approximate surface area is 166 Å². The highest BCUT2D eigenvalue weighted by atomic mass is 15.1. The standard InChI is InChI=1S/C25H37N2/c1-4-7-18-26-21-16-24(17-22-26)11-10-23-12-14-25(15-13-23)27(19-8-5-2)20-9-6-3/h10-17,21-22H,4-9,18-20H2,1-3H3/q+1. The van der Waals surface area contributed by atoms with Gasteiger partial charge < -0.3 is 4.90 Å². The highest BCUT2D eigenvalue weighted by Crippen LogP contribution is 2.18. The maximum absolute atomic E-state index is 2.53. The molecular formula is C25H37N2+. The number of hydrogen-bond donors (Lipinski definition) is 0. The summed E-state index contributed by atoms with van der Waals surface area (Å²) in [6.07, 6.45) is 16.3. The number of unbranched alkanes of at least 4 members (excludes halogenated alkanes) is 3. The molecule has 2 heteroatoms. The van der Waals surface area contributed by atoms with Gasteiger partial charge in [0.2, 0.25) is 0 Å². The van der Waals surface area contributed by atoms with Gasteiger partial charge in [0.15, 0.2) is 12.4 Å². The number of aromatic nitrogens is 1. The molecule has 0 unspecified atom stereocenters. The van der Waals surface area contributed by atoms with Crippen LogP contribution in [0.15, 0.2) is 48.8 Å². The molecule has 0 saturated carbocycles. The summed E-state index contributed by atoms with van der Waals surface area (Å²) in [7, 11) is 0. The molecule has 0 radical (unpaired) electrons. The van der Waals surface area contributed by atoms with Crippen LogP contribution in [0.4, 0.5) is 5.69 Å². The van der Waals surface area contributed by atoms with Crippen LogP contribution in [-0.2, 0) is 6.54 Å². The zero-order valence-corrected chi connectivity index (χ0v) is 17.5. The summed E-state index contributed by atoms with van der Waals surface area (Å²) < 4.78 is 2.26. The van der Waals surface area contributed by atoms with Crippen LogP contribution < -0.4 is 9.47 Å². The van der Waals surface area contributed by atoms with E-state index in [1.807, 2.05) is 0 Å². The van der Waals surface area contributed by atoms with Crippen LogP contribution in [0.5, 0.6) is 0 Å². The van der Waals surface area contributed by atoms with E-state index in [0.29, 0.717) is 0 Å². The molecule has 2 rings (SSSR count).